The van der Waals surface area contributed by atoms with Crippen molar-refractivity contribution in [3.8, 4) is 0 Å². The van der Waals surface area contributed by atoms with Gasteiger partial charge in [-0.1, -0.05) is 24.3 Å². The van der Waals surface area contributed by atoms with Gasteiger partial charge in [0.15, 0.2) is 5.13 Å². The summed E-state index contributed by atoms with van der Waals surface area (Å²) in [5.74, 6) is -0.380. The molecule has 0 saturated carbocycles. The van der Waals surface area contributed by atoms with Gasteiger partial charge in [-0.3, -0.25) is 9.59 Å². The summed E-state index contributed by atoms with van der Waals surface area (Å²) in [7, 11) is 0. The fraction of sp³-hybridized carbons (Fsp3) is 0.105. The van der Waals surface area contributed by atoms with E-state index in [1.165, 1.54) is 11.3 Å². The van der Waals surface area contributed by atoms with Gasteiger partial charge in [-0.2, -0.15) is 0 Å². The van der Waals surface area contributed by atoms with E-state index >= 15 is 0 Å². The Morgan fingerprint density at radius 2 is 2.00 bits per heavy atom. The molecule has 6 nitrogen and oxygen atoms in total. The third kappa shape index (κ3) is 3.43. The van der Waals surface area contributed by atoms with Gasteiger partial charge in [0.05, 0.1) is 0 Å². The summed E-state index contributed by atoms with van der Waals surface area (Å²) < 4.78 is 0. The third-order valence-corrected chi connectivity index (χ3v) is 4.75. The number of para-hydroxylation sites is 1. The van der Waals surface area contributed by atoms with Gasteiger partial charge in [0.2, 0.25) is 5.91 Å². The van der Waals surface area contributed by atoms with Crippen molar-refractivity contribution in [2.75, 3.05) is 17.2 Å². The van der Waals surface area contributed by atoms with Crippen LogP contribution < -0.4 is 10.6 Å². The average Bonchev–Trinajstić information content (AvgIpc) is 3.25. The molecule has 0 bridgehead atoms. The zero-order chi connectivity index (χ0) is 17.9. The van der Waals surface area contributed by atoms with Crippen LogP contribution in [0, 0.1) is 0 Å². The highest BCUT2D eigenvalue weighted by molar-refractivity contribution is 7.13. The smallest absolute Gasteiger partial charge is 0.255 e. The van der Waals surface area contributed by atoms with Crippen molar-refractivity contribution in [3.63, 3.8) is 0 Å². The normalized spacial score (nSPS) is 12.8. The van der Waals surface area contributed by atoms with Gasteiger partial charge >= 0.3 is 0 Å². The molecule has 2 aromatic carbocycles. The predicted octanol–water partition coefficient (Wildman–Crippen LogP) is 3.48. The number of carbonyl (C=O) groups is 2. The fourth-order valence-electron chi connectivity index (χ4n) is 2.87. The first-order valence-electron chi connectivity index (χ1n) is 8.13. The summed E-state index contributed by atoms with van der Waals surface area (Å²) in [6.45, 7) is 0.444. The van der Waals surface area contributed by atoms with Gasteiger partial charge in [-0.15, -0.1) is 11.3 Å². The number of benzene rings is 2. The molecular weight excluding hydrogens is 348 g/mol. The minimum atomic E-state index is -0.247. The lowest BCUT2D eigenvalue weighted by Crippen LogP contribution is -2.33. The standard InChI is InChI=1S/C19H16N4O2S/c24-17(22-19-20-8-9-26-19)12-23-11-13-6-7-15(10-16(13)18(23)25)21-14-4-2-1-3-5-14/h1-10,21H,11-12H2,(H,20,22,24). The molecule has 1 aliphatic heterocycles. The SMILES string of the molecule is O=C(CN1Cc2ccc(Nc3ccccc3)cc2C1=O)Nc1nccs1. The summed E-state index contributed by atoms with van der Waals surface area (Å²) in [4.78, 5) is 30.3. The Kier molecular flexibility index (Phi) is 4.37. The largest absolute Gasteiger partial charge is 0.356 e. The van der Waals surface area contributed by atoms with E-state index in [9.17, 15) is 9.59 Å². The van der Waals surface area contributed by atoms with E-state index in [4.69, 9.17) is 0 Å². The molecule has 2 heterocycles. The number of anilines is 3. The molecule has 0 fully saturated rings. The number of thiazole rings is 1. The van der Waals surface area contributed by atoms with Crippen LogP contribution >= 0.6 is 11.3 Å². The van der Waals surface area contributed by atoms with Gasteiger partial charge in [0, 0.05) is 35.1 Å². The number of carbonyl (C=O) groups excluding carboxylic acids is 2. The molecule has 0 radical (unpaired) electrons. The van der Waals surface area contributed by atoms with E-state index in [0.29, 0.717) is 17.2 Å². The van der Waals surface area contributed by atoms with Gasteiger partial charge in [0.25, 0.3) is 5.91 Å². The Hall–Kier alpha value is -3.19. The number of hydrogen-bond donors (Lipinski definition) is 2. The highest BCUT2D eigenvalue weighted by Gasteiger charge is 2.29. The Morgan fingerprint density at radius 3 is 2.77 bits per heavy atom. The molecule has 0 aliphatic carbocycles. The van der Waals surface area contributed by atoms with Crippen molar-refractivity contribution in [2.24, 2.45) is 0 Å². The van der Waals surface area contributed by atoms with Crippen molar-refractivity contribution in [1.82, 2.24) is 9.88 Å². The van der Waals surface area contributed by atoms with E-state index in [-0.39, 0.29) is 18.4 Å². The first kappa shape index (κ1) is 16.3. The van der Waals surface area contributed by atoms with E-state index in [1.807, 2.05) is 48.5 Å². The Balaban J connectivity index is 1.44. The van der Waals surface area contributed by atoms with Crippen molar-refractivity contribution >= 4 is 39.7 Å². The lowest BCUT2D eigenvalue weighted by atomic mass is 10.1. The van der Waals surface area contributed by atoms with Crippen LogP contribution in [0.1, 0.15) is 15.9 Å². The summed E-state index contributed by atoms with van der Waals surface area (Å²) in [5, 5.41) is 8.31. The van der Waals surface area contributed by atoms with Gasteiger partial charge < -0.3 is 15.5 Å². The summed E-state index contributed by atoms with van der Waals surface area (Å²) >= 11 is 1.35. The molecule has 1 aromatic heterocycles. The van der Waals surface area contributed by atoms with Crippen molar-refractivity contribution < 1.29 is 9.59 Å². The Labute approximate surface area is 154 Å². The Bertz CT molecular complexity index is 941. The topological polar surface area (TPSA) is 74.3 Å². The van der Waals surface area contributed by atoms with Crippen LogP contribution in [0.5, 0.6) is 0 Å². The maximum Gasteiger partial charge on any atom is 0.255 e. The van der Waals surface area contributed by atoms with Gasteiger partial charge in [0.1, 0.15) is 6.54 Å². The van der Waals surface area contributed by atoms with Crippen LogP contribution in [0.4, 0.5) is 16.5 Å². The second-order valence-corrected chi connectivity index (χ2v) is 6.80. The molecule has 3 aromatic rings. The van der Waals surface area contributed by atoms with Gasteiger partial charge in [-0.25, -0.2) is 4.98 Å². The molecule has 7 heteroatoms. The number of hydrogen-bond acceptors (Lipinski definition) is 5. The first-order chi connectivity index (χ1) is 12.7. The molecule has 26 heavy (non-hydrogen) atoms. The minimum Gasteiger partial charge on any atom is -0.356 e. The number of amides is 2. The van der Waals surface area contributed by atoms with Crippen LogP contribution in [-0.4, -0.2) is 28.2 Å². The van der Waals surface area contributed by atoms with Crippen molar-refractivity contribution in [2.45, 2.75) is 6.54 Å². The number of aromatic nitrogens is 1. The minimum absolute atomic E-state index is 0.00847. The van der Waals surface area contributed by atoms with Crippen LogP contribution in [0.15, 0.2) is 60.1 Å². The monoisotopic (exact) mass is 364 g/mol. The maximum atomic E-state index is 12.6. The lowest BCUT2D eigenvalue weighted by Gasteiger charge is -2.14. The van der Waals surface area contributed by atoms with E-state index < -0.39 is 0 Å². The zero-order valence-electron chi connectivity index (χ0n) is 13.8. The predicted molar refractivity (Wildman–Crippen MR) is 102 cm³/mol. The summed E-state index contributed by atoms with van der Waals surface area (Å²) in [6, 6.07) is 15.5. The van der Waals surface area contributed by atoms with Crippen LogP contribution in [0.25, 0.3) is 0 Å². The summed E-state index contributed by atoms with van der Waals surface area (Å²) in [5.41, 5.74) is 3.36. The second kappa shape index (κ2) is 6.97. The number of rotatable bonds is 5. The molecule has 1 aliphatic rings. The van der Waals surface area contributed by atoms with Gasteiger partial charge in [-0.05, 0) is 29.8 Å². The van der Waals surface area contributed by atoms with E-state index in [1.54, 1.807) is 16.5 Å². The number of nitrogens with zero attached hydrogens (tertiary/aromatic N) is 2. The molecule has 4 rings (SSSR count). The van der Waals surface area contributed by atoms with Crippen LogP contribution in [0.2, 0.25) is 0 Å². The number of fused-ring (bicyclic) bond motifs is 1. The number of nitrogens with one attached hydrogen (secondary N) is 2. The van der Waals surface area contributed by atoms with Crippen molar-refractivity contribution in [3.05, 3.63) is 71.2 Å². The molecule has 0 unspecified atom stereocenters. The molecule has 0 atom stereocenters. The molecule has 0 saturated heterocycles. The average molecular weight is 364 g/mol. The zero-order valence-corrected chi connectivity index (χ0v) is 14.6. The summed E-state index contributed by atoms with van der Waals surface area (Å²) in [6.07, 6.45) is 1.62. The van der Waals surface area contributed by atoms with Crippen LogP contribution in [-0.2, 0) is 11.3 Å². The fourth-order valence-corrected chi connectivity index (χ4v) is 3.42. The van der Waals surface area contributed by atoms with E-state index in [0.717, 1.165) is 16.9 Å². The Morgan fingerprint density at radius 1 is 1.15 bits per heavy atom. The van der Waals surface area contributed by atoms with E-state index in [2.05, 4.69) is 15.6 Å². The quantitative estimate of drug-likeness (QED) is 0.727. The highest BCUT2D eigenvalue weighted by Crippen LogP contribution is 2.27. The second-order valence-electron chi connectivity index (χ2n) is 5.91. The highest BCUT2D eigenvalue weighted by atomic mass is 32.1. The molecule has 2 amide bonds. The lowest BCUT2D eigenvalue weighted by molar-refractivity contribution is -0.116. The third-order valence-electron chi connectivity index (χ3n) is 4.06. The molecule has 130 valence electrons. The van der Waals surface area contributed by atoms with Crippen LogP contribution in [0.3, 0.4) is 0 Å². The first-order valence-corrected chi connectivity index (χ1v) is 9.00. The van der Waals surface area contributed by atoms with Crippen molar-refractivity contribution in [1.29, 1.82) is 0 Å². The molecule has 0 spiro atoms. The molecular formula is C19H16N4O2S. The molecule has 2 N–H and O–H groups in total. The maximum absolute atomic E-state index is 12.6.